The molecule has 29 heavy (non-hydrogen) atoms. The van der Waals surface area contributed by atoms with E-state index in [4.69, 9.17) is 11.6 Å². The van der Waals surface area contributed by atoms with Crippen LogP contribution < -0.4 is 0 Å². The number of amides is 1. The highest BCUT2D eigenvalue weighted by Gasteiger charge is 2.42. The lowest BCUT2D eigenvalue weighted by atomic mass is 10.0. The number of aliphatic carboxylic acids is 1. The molecule has 1 aliphatic rings. The van der Waals surface area contributed by atoms with Crippen LogP contribution in [0.25, 0.3) is 11.1 Å². The van der Waals surface area contributed by atoms with E-state index < -0.39 is 12.0 Å². The van der Waals surface area contributed by atoms with Gasteiger partial charge in [0.1, 0.15) is 6.04 Å². The molecule has 1 amide bonds. The van der Waals surface area contributed by atoms with Gasteiger partial charge in [-0.05, 0) is 59.9 Å². The predicted octanol–water partition coefficient (Wildman–Crippen LogP) is 4.83. The Kier molecular flexibility index (Phi) is 5.32. The maximum atomic E-state index is 13.3. The lowest BCUT2D eigenvalue weighted by Gasteiger charge is -2.29. The summed E-state index contributed by atoms with van der Waals surface area (Å²) in [7, 11) is 0. The Morgan fingerprint density at radius 2 is 1.59 bits per heavy atom. The number of benzene rings is 2. The summed E-state index contributed by atoms with van der Waals surface area (Å²) in [5, 5.41) is 10.2. The van der Waals surface area contributed by atoms with Gasteiger partial charge in [0.15, 0.2) is 0 Å². The third kappa shape index (κ3) is 3.74. The fourth-order valence-electron chi connectivity index (χ4n) is 3.89. The van der Waals surface area contributed by atoms with E-state index >= 15 is 0 Å². The van der Waals surface area contributed by atoms with Gasteiger partial charge in [0.25, 0.3) is 5.91 Å². The molecule has 3 aromatic rings. The highest BCUT2D eigenvalue weighted by molar-refractivity contribution is 6.31. The van der Waals surface area contributed by atoms with Crippen LogP contribution in [0.3, 0.4) is 0 Å². The SMILES string of the molecule is O=C(O)[C@@H]1CC[C@H](c2ccccc2Cl)N1C(=O)c1ccc(-c2ccncc2)cc1. The molecule has 1 saturated heterocycles. The number of halogens is 1. The lowest BCUT2D eigenvalue weighted by Crippen LogP contribution is -2.41. The molecule has 1 fully saturated rings. The number of likely N-dealkylation sites (tertiary alicyclic amines) is 1. The zero-order chi connectivity index (χ0) is 20.4. The van der Waals surface area contributed by atoms with E-state index in [9.17, 15) is 14.7 Å². The van der Waals surface area contributed by atoms with Crippen molar-refractivity contribution >= 4 is 23.5 Å². The van der Waals surface area contributed by atoms with Crippen LogP contribution in [0.2, 0.25) is 5.02 Å². The van der Waals surface area contributed by atoms with Gasteiger partial charge in [0.2, 0.25) is 0 Å². The average Bonchev–Trinajstić information content (AvgIpc) is 3.19. The molecular weight excluding hydrogens is 388 g/mol. The summed E-state index contributed by atoms with van der Waals surface area (Å²) >= 11 is 6.35. The highest BCUT2D eigenvalue weighted by atomic mass is 35.5. The van der Waals surface area contributed by atoms with Crippen molar-refractivity contribution in [1.29, 1.82) is 0 Å². The minimum atomic E-state index is -0.999. The Labute approximate surface area is 173 Å². The number of carbonyl (C=O) groups is 2. The van der Waals surface area contributed by atoms with Crippen LogP contribution in [0.1, 0.15) is 34.8 Å². The van der Waals surface area contributed by atoms with Crippen LogP contribution in [-0.4, -0.2) is 32.9 Å². The molecule has 0 saturated carbocycles. The van der Waals surface area contributed by atoms with Crippen molar-refractivity contribution in [2.75, 3.05) is 0 Å². The van der Waals surface area contributed by atoms with Crippen molar-refractivity contribution in [3.8, 4) is 11.1 Å². The fraction of sp³-hybridized carbons (Fsp3) is 0.174. The van der Waals surface area contributed by atoms with Crippen molar-refractivity contribution < 1.29 is 14.7 Å². The van der Waals surface area contributed by atoms with Gasteiger partial charge in [-0.2, -0.15) is 0 Å². The molecule has 1 N–H and O–H groups in total. The Morgan fingerprint density at radius 3 is 2.24 bits per heavy atom. The Hall–Kier alpha value is -3.18. The third-order valence-electron chi connectivity index (χ3n) is 5.31. The quantitative estimate of drug-likeness (QED) is 0.673. The number of hydrogen-bond acceptors (Lipinski definition) is 3. The summed E-state index contributed by atoms with van der Waals surface area (Å²) in [5.41, 5.74) is 3.19. The van der Waals surface area contributed by atoms with E-state index in [-0.39, 0.29) is 11.9 Å². The number of pyridine rings is 1. The first kappa shape index (κ1) is 19.2. The third-order valence-corrected chi connectivity index (χ3v) is 5.66. The number of nitrogens with zero attached hydrogens (tertiary/aromatic N) is 2. The number of aromatic nitrogens is 1. The minimum Gasteiger partial charge on any atom is -0.480 e. The second-order valence-corrected chi connectivity index (χ2v) is 7.40. The molecule has 146 valence electrons. The van der Waals surface area contributed by atoms with Gasteiger partial charge in [0, 0.05) is 23.0 Å². The number of carbonyl (C=O) groups excluding carboxylic acids is 1. The number of carboxylic acid groups (broad SMARTS) is 1. The van der Waals surface area contributed by atoms with E-state index in [1.54, 1.807) is 30.6 Å². The zero-order valence-electron chi connectivity index (χ0n) is 15.5. The van der Waals surface area contributed by atoms with Crippen LogP contribution in [0, 0.1) is 0 Å². The molecule has 2 atom stereocenters. The molecule has 4 rings (SSSR count). The molecule has 5 nitrogen and oxygen atoms in total. The van der Waals surface area contributed by atoms with Crippen molar-refractivity contribution in [2.45, 2.75) is 24.9 Å². The van der Waals surface area contributed by atoms with Gasteiger partial charge in [-0.15, -0.1) is 0 Å². The summed E-state index contributed by atoms with van der Waals surface area (Å²) < 4.78 is 0. The van der Waals surface area contributed by atoms with Crippen molar-refractivity contribution in [1.82, 2.24) is 9.88 Å². The molecule has 1 aliphatic heterocycles. The summed E-state index contributed by atoms with van der Waals surface area (Å²) in [6.45, 7) is 0. The first-order valence-electron chi connectivity index (χ1n) is 9.36. The monoisotopic (exact) mass is 406 g/mol. The predicted molar refractivity (Wildman–Crippen MR) is 111 cm³/mol. The number of carboxylic acids is 1. The summed E-state index contributed by atoms with van der Waals surface area (Å²) in [6.07, 6.45) is 4.38. The molecular formula is C23H19ClN2O3. The maximum Gasteiger partial charge on any atom is 0.326 e. The molecule has 0 unspecified atom stereocenters. The Bertz CT molecular complexity index is 1040. The van der Waals surface area contributed by atoms with Gasteiger partial charge in [-0.25, -0.2) is 4.79 Å². The Morgan fingerprint density at radius 1 is 0.931 bits per heavy atom. The van der Waals surface area contributed by atoms with E-state index in [1.807, 2.05) is 42.5 Å². The zero-order valence-corrected chi connectivity index (χ0v) is 16.3. The molecule has 6 heteroatoms. The number of rotatable bonds is 4. The van der Waals surface area contributed by atoms with Crippen LogP contribution >= 0.6 is 11.6 Å². The molecule has 0 bridgehead atoms. The highest BCUT2D eigenvalue weighted by Crippen LogP contribution is 2.40. The van der Waals surface area contributed by atoms with Gasteiger partial charge >= 0.3 is 5.97 Å². The standard InChI is InChI=1S/C23H19ClN2O3/c24-19-4-2-1-3-18(19)20-9-10-21(23(28)29)26(20)22(27)17-7-5-15(6-8-17)16-11-13-25-14-12-16/h1-8,11-14,20-21H,9-10H2,(H,28,29)/t20-,21+/m1/s1. The van der Waals surface area contributed by atoms with E-state index in [0.717, 1.165) is 16.7 Å². The molecule has 0 radical (unpaired) electrons. The van der Waals surface area contributed by atoms with E-state index in [0.29, 0.717) is 23.4 Å². The molecule has 2 aromatic carbocycles. The van der Waals surface area contributed by atoms with Gasteiger partial charge in [0.05, 0.1) is 6.04 Å². The molecule has 1 aromatic heterocycles. The van der Waals surface area contributed by atoms with E-state index in [2.05, 4.69) is 4.98 Å². The number of hydrogen-bond donors (Lipinski definition) is 1. The van der Waals surface area contributed by atoms with Crippen molar-refractivity contribution in [2.24, 2.45) is 0 Å². The maximum absolute atomic E-state index is 13.3. The molecule has 2 heterocycles. The fourth-order valence-corrected chi connectivity index (χ4v) is 4.15. The average molecular weight is 407 g/mol. The first-order valence-corrected chi connectivity index (χ1v) is 9.74. The summed E-state index contributed by atoms with van der Waals surface area (Å²) in [4.78, 5) is 30.6. The van der Waals surface area contributed by atoms with Crippen LogP contribution in [-0.2, 0) is 4.79 Å². The molecule has 0 spiro atoms. The van der Waals surface area contributed by atoms with Crippen molar-refractivity contribution in [3.05, 3.63) is 89.2 Å². The van der Waals surface area contributed by atoms with Gasteiger partial charge in [-0.1, -0.05) is 41.9 Å². The topological polar surface area (TPSA) is 70.5 Å². The molecule has 0 aliphatic carbocycles. The second kappa shape index (κ2) is 8.05. The smallest absolute Gasteiger partial charge is 0.326 e. The normalized spacial score (nSPS) is 18.6. The summed E-state index contributed by atoms with van der Waals surface area (Å²) in [6, 6.07) is 17.0. The van der Waals surface area contributed by atoms with E-state index in [1.165, 1.54) is 4.90 Å². The van der Waals surface area contributed by atoms with Gasteiger partial charge < -0.3 is 10.0 Å². The van der Waals surface area contributed by atoms with Crippen LogP contribution in [0.15, 0.2) is 73.1 Å². The Balaban J connectivity index is 1.67. The second-order valence-electron chi connectivity index (χ2n) is 6.99. The summed E-state index contributed by atoms with van der Waals surface area (Å²) in [5.74, 6) is -1.30. The lowest BCUT2D eigenvalue weighted by molar-refractivity contribution is -0.141. The minimum absolute atomic E-state index is 0.305. The van der Waals surface area contributed by atoms with Crippen LogP contribution in [0.4, 0.5) is 0 Å². The van der Waals surface area contributed by atoms with Gasteiger partial charge in [-0.3, -0.25) is 9.78 Å². The first-order chi connectivity index (χ1) is 14.1. The largest absolute Gasteiger partial charge is 0.480 e. The van der Waals surface area contributed by atoms with Crippen molar-refractivity contribution in [3.63, 3.8) is 0 Å². The van der Waals surface area contributed by atoms with Crippen LogP contribution in [0.5, 0.6) is 0 Å².